The maximum absolute atomic E-state index is 13.6. The van der Waals surface area contributed by atoms with Crippen molar-refractivity contribution in [1.29, 1.82) is 0 Å². The van der Waals surface area contributed by atoms with Gasteiger partial charge in [0.05, 0.1) is 20.0 Å². The largest absolute Gasteiger partial charge is 0.493 e. The van der Waals surface area contributed by atoms with E-state index in [4.69, 9.17) is 9.47 Å². The van der Waals surface area contributed by atoms with E-state index in [0.29, 0.717) is 34.9 Å². The van der Waals surface area contributed by atoms with E-state index in [1.54, 1.807) is 60.7 Å². The third-order valence-corrected chi connectivity index (χ3v) is 7.88. The second-order valence-electron chi connectivity index (χ2n) is 9.66. The molecular formula is C34H31N3O5S. The number of amides is 3. The number of thioether (sulfide) groups is 1. The predicted octanol–water partition coefficient (Wildman–Crippen LogP) is 5.79. The Bertz CT molecular complexity index is 1670. The van der Waals surface area contributed by atoms with Gasteiger partial charge >= 0.3 is 0 Å². The third kappa shape index (κ3) is 7.07. The van der Waals surface area contributed by atoms with Gasteiger partial charge < -0.3 is 25.0 Å². The highest BCUT2D eigenvalue weighted by molar-refractivity contribution is 8.00. The number of nitrogens with one attached hydrogen (secondary N) is 2. The number of anilines is 2. The van der Waals surface area contributed by atoms with Gasteiger partial charge in [0.25, 0.3) is 11.8 Å². The number of rotatable bonds is 10. The summed E-state index contributed by atoms with van der Waals surface area (Å²) in [6, 6.07) is 29.1. The highest BCUT2D eigenvalue weighted by Gasteiger charge is 2.24. The van der Waals surface area contributed by atoms with E-state index in [-0.39, 0.29) is 17.4 Å². The SMILES string of the molecule is COc1cccc(/C=C(\NC(=O)c2ccccc2)C(=O)Nc2cccc(SCC(=O)N3CCc4ccccc43)c2)c1OC. The van der Waals surface area contributed by atoms with Crippen molar-refractivity contribution in [2.24, 2.45) is 0 Å². The van der Waals surface area contributed by atoms with E-state index in [1.807, 2.05) is 41.3 Å². The molecule has 1 aliphatic heterocycles. The monoisotopic (exact) mass is 593 g/mol. The van der Waals surface area contributed by atoms with Crippen LogP contribution >= 0.6 is 11.8 Å². The van der Waals surface area contributed by atoms with Crippen molar-refractivity contribution in [3.8, 4) is 11.5 Å². The van der Waals surface area contributed by atoms with Gasteiger partial charge in [0.1, 0.15) is 5.70 Å². The Balaban J connectivity index is 1.33. The van der Waals surface area contributed by atoms with Gasteiger partial charge in [0, 0.05) is 33.9 Å². The molecule has 218 valence electrons. The van der Waals surface area contributed by atoms with Crippen LogP contribution in [0.3, 0.4) is 0 Å². The van der Waals surface area contributed by atoms with Crippen molar-refractivity contribution in [2.75, 3.05) is 36.7 Å². The van der Waals surface area contributed by atoms with Gasteiger partial charge in [-0.3, -0.25) is 14.4 Å². The Morgan fingerprint density at radius 3 is 2.44 bits per heavy atom. The molecule has 0 saturated carbocycles. The number of carbonyl (C=O) groups excluding carboxylic acids is 3. The van der Waals surface area contributed by atoms with Crippen LogP contribution in [0.5, 0.6) is 11.5 Å². The standard InChI is InChI=1S/C34H31N3O5S/c1-41-30-17-8-13-25(32(30)42-2)20-28(36-33(39)24-11-4-3-5-12-24)34(40)35-26-14-9-15-27(21-26)43-22-31(38)37-19-18-23-10-6-7-16-29(23)37/h3-17,20-21H,18-19,22H2,1-2H3,(H,35,40)(H,36,39)/b28-20-. The molecule has 0 fully saturated rings. The summed E-state index contributed by atoms with van der Waals surface area (Å²) in [5.41, 5.74) is 3.64. The number of benzene rings is 4. The van der Waals surface area contributed by atoms with Crippen molar-refractivity contribution in [3.63, 3.8) is 0 Å². The predicted molar refractivity (Wildman–Crippen MR) is 170 cm³/mol. The number of hydrogen-bond donors (Lipinski definition) is 2. The lowest BCUT2D eigenvalue weighted by Crippen LogP contribution is -2.30. The maximum atomic E-state index is 13.6. The summed E-state index contributed by atoms with van der Waals surface area (Å²) in [4.78, 5) is 42.3. The molecule has 1 heterocycles. The summed E-state index contributed by atoms with van der Waals surface area (Å²) < 4.78 is 10.9. The van der Waals surface area contributed by atoms with Crippen molar-refractivity contribution in [3.05, 3.63) is 119 Å². The number of hydrogen-bond acceptors (Lipinski definition) is 6. The summed E-state index contributed by atoms with van der Waals surface area (Å²) in [5, 5.41) is 5.62. The van der Waals surface area contributed by atoms with Crippen LogP contribution in [0.25, 0.3) is 6.08 Å². The van der Waals surface area contributed by atoms with Crippen molar-refractivity contribution in [2.45, 2.75) is 11.3 Å². The fourth-order valence-electron chi connectivity index (χ4n) is 4.81. The molecule has 43 heavy (non-hydrogen) atoms. The van der Waals surface area contributed by atoms with Crippen molar-refractivity contribution >= 4 is 46.9 Å². The number of fused-ring (bicyclic) bond motifs is 1. The fraction of sp³-hybridized carbons (Fsp3) is 0.147. The molecule has 0 radical (unpaired) electrons. The zero-order chi connectivity index (χ0) is 30.2. The Morgan fingerprint density at radius 1 is 0.884 bits per heavy atom. The van der Waals surface area contributed by atoms with Crippen LogP contribution in [0, 0.1) is 0 Å². The fourth-order valence-corrected chi connectivity index (χ4v) is 5.64. The second kappa shape index (κ2) is 13.8. The Hall–Kier alpha value is -5.02. The van der Waals surface area contributed by atoms with Gasteiger partial charge in [0.2, 0.25) is 5.91 Å². The molecule has 1 aliphatic rings. The molecule has 4 aromatic carbocycles. The van der Waals surface area contributed by atoms with E-state index in [9.17, 15) is 14.4 Å². The number of para-hydroxylation sites is 2. The molecule has 0 aliphatic carbocycles. The van der Waals surface area contributed by atoms with E-state index < -0.39 is 11.8 Å². The molecule has 4 aromatic rings. The molecule has 0 aromatic heterocycles. The molecule has 3 amide bonds. The van der Waals surface area contributed by atoms with Gasteiger partial charge in [-0.15, -0.1) is 11.8 Å². The van der Waals surface area contributed by atoms with Crippen LogP contribution in [0.15, 0.2) is 108 Å². The topological polar surface area (TPSA) is 97.0 Å². The van der Waals surface area contributed by atoms with Crippen LogP contribution in [-0.2, 0) is 16.0 Å². The lowest BCUT2D eigenvalue weighted by molar-refractivity contribution is -0.116. The minimum Gasteiger partial charge on any atom is -0.493 e. The van der Waals surface area contributed by atoms with Gasteiger partial charge in [-0.05, 0) is 60.5 Å². The van der Waals surface area contributed by atoms with Crippen molar-refractivity contribution in [1.82, 2.24) is 5.32 Å². The van der Waals surface area contributed by atoms with E-state index in [1.165, 1.54) is 31.5 Å². The Morgan fingerprint density at radius 2 is 1.65 bits per heavy atom. The second-order valence-corrected chi connectivity index (χ2v) is 10.7. The summed E-state index contributed by atoms with van der Waals surface area (Å²) in [6.07, 6.45) is 2.40. The number of ether oxygens (including phenoxy) is 2. The zero-order valence-electron chi connectivity index (χ0n) is 23.8. The Kier molecular flexibility index (Phi) is 9.43. The van der Waals surface area contributed by atoms with Crippen LogP contribution in [-0.4, -0.2) is 44.2 Å². The average molecular weight is 594 g/mol. The molecular weight excluding hydrogens is 562 g/mol. The first-order chi connectivity index (χ1) is 21.0. The molecule has 5 rings (SSSR count). The van der Waals surface area contributed by atoms with Crippen LogP contribution in [0.2, 0.25) is 0 Å². The minimum atomic E-state index is -0.527. The first-order valence-electron chi connectivity index (χ1n) is 13.7. The van der Waals surface area contributed by atoms with Crippen molar-refractivity contribution < 1.29 is 23.9 Å². The van der Waals surface area contributed by atoms with Gasteiger partial charge in [0.15, 0.2) is 11.5 Å². The third-order valence-electron chi connectivity index (χ3n) is 6.90. The molecule has 0 unspecified atom stereocenters. The number of carbonyl (C=O) groups is 3. The lowest BCUT2D eigenvalue weighted by Gasteiger charge is -2.17. The van der Waals surface area contributed by atoms with Gasteiger partial charge in [-0.2, -0.15) is 0 Å². The van der Waals surface area contributed by atoms with Gasteiger partial charge in [-0.25, -0.2) is 0 Å². The van der Waals surface area contributed by atoms with Crippen LogP contribution in [0.4, 0.5) is 11.4 Å². The lowest BCUT2D eigenvalue weighted by atomic mass is 10.1. The molecule has 2 N–H and O–H groups in total. The summed E-state index contributed by atoms with van der Waals surface area (Å²) in [5.74, 6) is 0.247. The average Bonchev–Trinajstić information content (AvgIpc) is 3.48. The van der Waals surface area contributed by atoms with E-state index in [0.717, 1.165) is 17.0 Å². The normalized spacial score (nSPS) is 12.3. The summed E-state index contributed by atoms with van der Waals surface area (Å²) >= 11 is 1.40. The van der Waals surface area contributed by atoms with Crippen LogP contribution < -0.4 is 25.0 Å². The van der Waals surface area contributed by atoms with E-state index >= 15 is 0 Å². The highest BCUT2D eigenvalue weighted by atomic mass is 32.2. The Labute approximate surface area is 254 Å². The molecule has 0 spiro atoms. The quantitative estimate of drug-likeness (QED) is 0.178. The van der Waals surface area contributed by atoms with Crippen LogP contribution in [0.1, 0.15) is 21.5 Å². The molecule has 0 atom stereocenters. The number of methoxy groups -OCH3 is 2. The highest BCUT2D eigenvalue weighted by Crippen LogP contribution is 2.32. The first kappa shape index (κ1) is 29.5. The van der Waals surface area contributed by atoms with E-state index in [2.05, 4.69) is 16.7 Å². The zero-order valence-corrected chi connectivity index (χ0v) is 24.6. The number of nitrogens with zero attached hydrogens (tertiary/aromatic N) is 1. The molecule has 9 heteroatoms. The maximum Gasteiger partial charge on any atom is 0.272 e. The van der Waals surface area contributed by atoms with Gasteiger partial charge in [-0.1, -0.05) is 54.6 Å². The summed E-state index contributed by atoms with van der Waals surface area (Å²) in [6.45, 7) is 0.677. The first-order valence-corrected chi connectivity index (χ1v) is 14.7. The molecule has 0 saturated heterocycles. The molecule has 0 bridgehead atoms. The molecule has 8 nitrogen and oxygen atoms in total. The minimum absolute atomic E-state index is 0.0151. The summed E-state index contributed by atoms with van der Waals surface area (Å²) in [7, 11) is 3.03. The smallest absolute Gasteiger partial charge is 0.272 e.